The van der Waals surface area contributed by atoms with Gasteiger partial charge in [-0.15, -0.1) is 6.42 Å². The zero-order valence-electron chi connectivity index (χ0n) is 23.8. The third-order valence-electron chi connectivity index (χ3n) is 8.87. The molecule has 0 bridgehead atoms. The summed E-state index contributed by atoms with van der Waals surface area (Å²) in [6.07, 6.45) is 7.30. The second-order valence-corrected chi connectivity index (χ2v) is 11.7. The van der Waals surface area contributed by atoms with Crippen molar-refractivity contribution in [2.75, 3.05) is 50.9 Å². The molecular weight excluding hydrogens is 575 g/mol. The Morgan fingerprint density at radius 2 is 2.05 bits per heavy atom. The number of ether oxygens (including phenoxy) is 2. The number of aromatic nitrogens is 3. The van der Waals surface area contributed by atoms with Crippen LogP contribution in [-0.4, -0.2) is 93.9 Å². The van der Waals surface area contributed by atoms with Crippen LogP contribution in [0.2, 0.25) is 0 Å². The van der Waals surface area contributed by atoms with E-state index in [1.807, 2.05) is 0 Å². The van der Waals surface area contributed by atoms with Crippen LogP contribution in [0, 0.1) is 24.0 Å². The molecule has 0 unspecified atom stereocenters. The number of phenolic OH excluding ortho intramolecular Hbond substituents is 1. The molecule has 0 aliphatic carbocycles. The highest BCUT2D eigenvalue weighted by molar-refractivity contribution is 6.03. The first-order valence-corrected chi connectivity index (χ1v) is 14.6. The van der Waals surface area contributed by atoms with Crippen LogP contribution in [0.3, 0.4) is 0 Å². The predicted octanol–water partition coefficient (Wildman–Crippen LogP) is 3.96. The maximum atomic E-state index is 16.7. The van der Waals surface area contributed by atoms with Crippen LogP contribution >= 0.6 is 0 Å². The van der Waals surface area contributed by atoms with E-state index in [0.29, 0.717) is 37.3 Å². The van der Waals surface area contributed by atoms with Gasteiger partial charge in [0, 0.05) is 43.2 Å². The van der Waals surface area contributed by atoms with E-state index in [1.165, 1.54) is 30.5 Å². The van der Waals surface area contributed by atoms with Crippen LogP contribution in [0.15, 0.2) is 30.5 Å². The average Bonchev–Trinajstić information content (AvgIpc) is 3.43. The Labute approximate surface area is 251 Å². The Balaban J connectivity index is 1.38. The minimum Gasteiger partial charge on any atom is -0.508 e. The normalized spacial score (nSPS) is 24.0. The predicted molar refractivity (Wildman–Crippen MR) is 157 cm³/mol. The molecule has 0 saturated carbocycles. The average molecular weight is 606 g/mol. The molecule has 2 aromatic carbocycles. The summed E-state index contributed by atoms with van der Waals surface area (Å²) in [5, 5.41) is 21.8. The van der Waals surface area contributed by atoms with E-state index in [0.717, 1.165) is 19.4 Å². The number of phenols is 1. The van der Waals surface area contributed by atoms with Gasteiger partial charge >= 0.3 is 6.01 Å². The fourth-order valence-electron chi connectivity index (χ4n) is 6.90. The second-order valence-electron chi connectivity index (χ2n) is 11.7. The van der Waals surface area contributed by atoms with E-state index in [2.05, 4.69) is 25.8 Å². The van der Waals surface area contributed by atoms with Crippen molar-refractivity contribution in [2.45, 2.75) is 37.1 Å². The first-order valence-electron chi connectivity index (χ1n) is 14.6. The van der Waals surface area contributed by atoms with Gasteiger partial charge in [0.25, 0.3) is 0 Å². The summed E-state index contributed by atoms with van der Waals surface area (Å²) in [5.74, 6) is 0.920. The fraction of sp³-hybridized carbons (Fsp3) is 0.406. The van der Waals surface area contributed by atoms with Crippen LogP contribution in [0.4, 0.5) is 19.0 Å². The van der Waals surface area contributed by atoms with Crippen LogP contribution in [0.25, 0.3) is 32.9 Å². The van der Waals surface area contributed by atoms with Crippen molar-refractivity contribution in [3.63, 3.8) is 0 Å². The SMILES string of the molecule is C#Cc1c(F)ccc2cc(O)cc(-c3ncc4c(N5CCOC[C@@H](O)C5)nc(OC[C@@]56CCCN5C[C@H](F)C6)nc4c3F)c12. The number of fused-ring (bicyclic) bond motifs is 3. The minimum absolute atomic E-state index is 0.0899. The number of rotatable bonds is 5. The van der Waals surface area contributed by atoms with E-state index in [-0.39, 0.29) is 64.6 Å². The number of halogens is 3. The Morgan fingerprint density at radius 1 is 1.18 bits per heavy atom. The number of hydrogen-bond donors (Lipinski definition) is 2. The quantitative estimate of drug-likeness (QED) is 0.327. The van der Waals surface area contributed by atoms with Crippen LogP contribution in [-0.2, 0) is 4.74 Å². The van der Waals surface area contributed by atoms with Gasteiger partial charge in [-0.25, -0.2) is 13.2 Å². The van der Waals surface area contributed by atoms with Crippen LogP contribution < -0.4 is 9.64 Å². The van der Waals surface area contributed by atoms with Crippen molar-refractivity contribution in [1.82, 2.24) is 19.9 Å². The Morgan fingerprint density at radius 3 is 2.89 bits per heavy atom. The van der Waals surface area contributed by atoms with Crippen molar-refractivity contribution in [3.05, 3.63) is 47.7 Å². The lowest BCUT2D eigenvalue weighted by Crippen LogP contribution is -2.43. The van der Waals surface area contributed by atoms with Gasteiger partial charge in [0.2, 0.25) is 0 Å². The maximum absolute atomic E-state index is 16.7. The molecule has 7 rings (SSSR count). The van der Waals surface area contributed by atoms with Crippen LogP contribution in [0.5, 0.6) is 11.8 Å². The third kappa shape index (κ3) is 4.85. The Hall–Kier alpha value is -4.18. The molecule has 0 radical (unpaired) electrons. The molecule has 0 amide bonds. The summed E-state index contributed by atoms with van der Waals surface area (Å²) in [4.78, 5) is 17.3. The van der Waals surface area contributed by atoms with E-state index in [4.69, 9.17) is 15.9 Å². The number of aromatic hydroxyl groups is 1. The first kappa shape index (κ1) is 28.6. The van der Waals surface area contributed by atoms with Gasteiger partial charge in [0.15, 0.2) is 5.82 Å². The molecule has 3 fully saturated rings. The standard InChI is InChI=1S/C32H30F3N5O4/c1-2-22-25(34)5-4-18-10-20(41)11-23(26(18)22)28-27(35)29-24(13-36-28)30(39-8-9-43-16-21(42)15-39)38-31(37-29)44-17-32-6-3-7-40(32)14-19(33)12-32/h1,4-5,10-11,13,19,21,41-42H,3,6-9,12,14-17H2/t19-,21+,32+/m1/s1. The summed E-state index contributed by atoms with van der Waals surface area (Å²) in [7, 11) is 0. The lowest BCUT2D eigenvalue weighted by atomic mass is 9.95. The molecule has 3 atom stereocenters. The van der Waals surface area contributed by atoms with Gasteiger partial charge in [0.05, 0.1) is 35.8 Å². The highest BCUT2D eigenvalue weighted by Crippen LogP contribution is 2.41. The number of nitrogens with zero attached hydrogens (tertiary/aromatic N) is 5. The van der Waals surface area contributed by atoms with Crippen molar-refractivity contribution in [1.29, 1.82) is 0 Å². The number of anilines is 1. The lowest BCUT2D eigenvalue weighted by Gasteiger charge is -2.31. The van der Waals surface area contributed by atoms with E-state index < -0.39 is 29.4 Å². The third-order valence-corrected chi connectivity index (χ3v) is 8.87. The number of aliphatic hydroxyl groups is 1. The summed E-state index contributed by atoms with van der Waals surface area (Å²) in [5.41, 5.74) is -0.809. The van der Waals surface area contributed by atoms with E-state index in [1.54, 1.807) is 4.90 Å². The molecule has 228 valence electrons. The molecular formula is C32H30F3N5O4. The number of benzene rings is 2. The van der Waals surface area contributed by atoms with Gasteiger partial charge < -0.3 is 24.6 Å². The molecule has 0 spiro atoms. The number of pyridine rings is 1. The van der Waals surface area contributed by atoms with Gasteiger partial charge in [0.1, 0.15) is 41.4 Å². The van der Waals surface area contributed by atoms with E-state index >= 15 is 4.39 Å². The summed E-state index contributed by atoms with van der Waals surface area (Å²) in [6.45, 7) is 2.22. The molecule has 3 aliphatic rings. The van der Waals surface area contributed by atoms with Gasteiger partial charge in [-0.3, -0.25) is 9.88 Å². The van der Waals surface area contributed by atoms with Gasteiger partial charge in [-0.05, 0) is 43.0 Å². The van der Waals surface area contributed by atoms with Gasteiger partial charge in [-0.1, -0.05) is 12.0 Å². The molecule has 2 N–H and O–H groups in total. The number of hydrogen-bond acceptors (Lipinski definition) is 9. The zero-order valence-corrected chi connectivity index (χ0v) is 23.8. The van der Waals surface area contributed by atoms with Crippen molar-refractivity contribution in [3.8, 4) is 35.4 Å². The number of β-amino-alcohol motifs (C(OH)–C–C–N with tert-alkyl or cyclic N) is 1. The Kier molecular flexibility index (Phi) is 7.19. The number of terminal acetylenes is 1. The molecule has 3 aliphatic heterocycles. The summed E-state index contributed by atoms with van der Waals surface area (Å²) >= 11 is 0. The molecule has 3 saturated heterocycles. The van der Waals surface area contributed by atoms with Gasteiger partial charge in [-0.2, -0.15) is 9.97 Å². The molecule has 4 aromatic rings. The molecule has 5 heterocycles. The molecule has 9 nitrogen and oxygen atoms in total. The fourth-order valence-corrected chi connectivity index (χ4v) is 6.90. The number of alkyl halides is 1. The number of aliphatic hydroxyl groups excluding tert-OH is 1. The highest BCUT2D eigenvalue weighted by atomic mass is 19.1. The topological polar surface area (TPSA) is 104 Å². The molecule has 12 heteroatoms. The smallest absolute Gasteiger partial charge is 0.319 e. The zero-order chi connectivity index (χ0) is 30.6. The summed E-state index contributed by atoms with van der Waals surface area (Å²) < 4.78 is 57.4. The maximum Gasteiger partial charge on any atom is 0.319 e. The van der Waals surface area contributed by atoms with E-state index in [9.17, 15) is 19.0 Å². The van der Waals surface area contributed by atoms with Crippen molar-refractivity contribution >= 4 is 27.5 Å². The first-order chi connectivity index (χ1) is 21.3. The monoisotopic (exact) mass is 605 g/mol. The van der Waals surface area contributed by atoms with Crippen LogP contribution in [0.1, 0.15) is 24.8 Å². The minimum atomic E-state index is -0.952. The lowest BCUT2D eigenvalue weighted by molar-refractivity contribution is 0.0597. The Bertz CT molecular complexity index is 1820. The van der Waals surface area contributed by atoms with Crippen molar-refractivity contribution < 1.29 is 32.9 Å². The largest absolute Gasteiger partial charge is 0.508 e. The second kappa shape index (κ2) is 11.1. The molecule has 2 aromatic heterocycles. The highest BCUT2D eigenvalue weighted by Gasteiger charge is 2.49. The molecule has 44 heavy (non-hydrogen) atoms. The van der Waals surface area contributed by atoms with Crippen molar-refractivity contribution in [2.24, 2.45) is 0 Å². The summed E-state index contributed by atoms with van der Waals surface area (Å²) in [6, 6.07) is 5.22.